The van der Waals surface area contributed by atoms with Crippen LogP contribution >= 0.6 is 11.6 Å². The Kier molecular flexibility index (Phi) is 14.9. The lowest BCUT2D eigenvalue weighted by Gasteiger charge is -2.29. The van der Waals surface area contributed by atoms with Crippen LogP contribution in [0.2, 0.25) is 0 Å². The Morgan fingerprint density at radius 2 is 1.85 bits per heavy atom. The van der Waals surface area contributed by atoms with E-state index in [1.807, 2.05) is 52.8 Å². The van der Waals surface area contributed by atoms with Crippen LogP contribution < -0.4 is 16.4 Å². The van der Waals surface area contributed by atoms with E-state index in [9.17, 15) is 19.2 Å². The lowest BCUT2D eigenvalue weighted by atomic mass is 9.86. The molecule has 1 aliphatic heterocycles. The lowest BCUT2D eigenvalue weighted by molar-refractivity contribution is -0.147. The van der Waals surface area contributed by atoms with Crippen molar-refractivity contribution < 1.29 is 28.7 Å². The first kappa shape index (κ1) is 35.4. The highest BCUT2D eigenvalue weighted by molar-refractivity contribution is 6.29. The standard InChI is InChI=1S/C31H44ClN3O6/c1-20(19-22(3)25-17-14-21(2)29(38)41-25)11-8-9-13-26(36)35-27(31(5,6)7)28(37)34-18-10-12-24(40-30(33)39)16-15-23(4)32/h8-11,13-15,18-19,22,24-25,27H,12,16-17H2,1-7H3,(H2,33,39)(H,34,37)(H,35,36)/b11-8-,13-9-,18-10-,20-19+,23-15+. The van der Waals surface area contributed by atoms with Gasteiger partial charge in [-0.2, -0.15) is 0 Å². The summed E-state index contributed by atoms with van der Waals surface area (Å²) in [5, 5.41) is 5.99. The number of carbonyl (C=O) groups is 4. The van der Waals surface area contributed by atoms with Crippen molar-refractivity contribution in [2.75, 3.05) is 0 Å². The molecule has 1 heterocycles. The monoisotopic (exact) mass is 589 g/mol. The SMILES string of the molecule is CC1=CCC(C(C)/C=C(C)/C=C\C=C/C(=O)NC(C(=O)N/C=C\CC(C/C=C(\C)Cl)OC(N)=O)C(C)(C)C)OC1=O. The van der Waals surface area contributed by atoms with Crippen LogP contribution in [-0.4, -0.2) is 42.1 Å². The summed E-state index contributed by atoms with van der Waals surface area (Å²) >= 11 is 5.84. The molecule has 0 radical (unpaired) electrons. The summed E-state index contributed by atoms with van der Waals surface area (Å²) in [7, 11) is 0. The van der Waals surface area contributed by atoms with Gasteiger partial charge in [-0.3, -0.25) is 9.59 Å². The van der Waals surface area contributed by atoms with Gasteiger partial charge in [0.2, 0.25) is 11.8 Å². The second kappa shape index (κ2) is 17.3. The van der Waals surface area contributed by atoms with Gasteiger partial charge in [0.05, 0.1) is 0 Å². The van der Waals surface area contributed by atoms with E-state index in [2.05, 4.69) is 10.6 Å². The number of nitrogens with one attached hydrogen (secondary N) is 2. The number of nitrogens with two attached hydrogens (primary N) is 1. The summed E-state index contributed by atoms with van der Waals surface area (Å²) in [4.78, 5) is 48.3. The zero-order valence-electron chi connectivity index (χ0n) is 25.0. The number of primary amides is 1. The summed E-state index contributed by atoms with van der Waals surface area (Å²) in [6.45, 7) is 12.9. The number of carbonyl (C=O) groups excluding carboxylic acids is 4. The highest BCUT2D eigenvalue weighted by Crippen LogP contribution is 2.22. The number of cyclic esters (lactones) is 1. The maximum absolute atomic E-state index is 12.9. The molecule has 41 heavy (non-hydrogen) atoms. The van der Waals surface area contributed by atoms with Gasteiger partial charge < -0.3 is 25.8 Å². The smallest absolute Gasteiger partial charge is 0.404 e. The number of hydrogen-bond donors (Lipinski definition) is 3. The number of ether oxygens (including phenoxy) is 2. The maximum atomic E-state index is 12.9. The largest absolute Gasteiger partial charge is 0.458 e. The van der Waals surface area contributed by atoms with Crippen molar-refractivity contribution in [1.82, 2.24) is 10.6 Å². The number of halogens is 1. The predicted molar refractivity (Wildman–Crippen MR) is 161 cm³/mol. The van der Waals surface area contributed by atoms with Gasteiger partial charge >= 0.3 is 12.1 Å². The van der Waals surface area contributed by atoms with Crippen LogP contribution in [-0.2, 0) is 23.9 Å². The molecule has 0 saturated carbocycles. The Bertz CT molecular complexity index is 1120. The van der Waals surface area contributed by atoms with Crippen LogP contribution in [0.5, 0.6) is 0 Å². The maximum Gasteiger partial charge on any atom is 0.404 e. The van der Waals surface area contributed by atoms with Gasteiger partial charge in [0.15, 0.2) is 0 Å². The zero-order valence-corrected chi connectivity index (χ0v) is 25.8. The minimum absolute atomic E-state index is 0.0357. The molecule has 4 unspecified atom stereocenters. The van der Waals surface area contributed by atoms with Crippen molar-refractivity contribution in [2.45, 2.75) is 86.0 Å². The second-order valence-electron chi connectivity index (χ2n) is 11.1. The quantitative estimate of drug-likeness (QED) is 0.148. The number of rotatable bonds is 13. The van der Waals surface area contributed by atoms with E-state index in [1.165, 1.54) is 12.3 Å². The van der Waals surface area contributed by atoms with Gasteiger partial charge in [0, 0.05) is 41.9 Å². The number of allylic oxidation sites excluding steroid dienone is 5. The molecule has 9 nitrogen and oxygen atoms in total. The van der Waals surface area contributed by atoms with Crippen LogP contribution in [0.15, 0.2) is 71.0 Å². The molecule has 3 amide bonds. The minimum atomic E-state index is -0.897. The zero-order chi connectivity index (χ0) is 31.2. The Balaban J connectivity index is 2.70. The van der Waals surface area contributed by atoms with Crippen LogP contribution in [0.1, 0.15) is 67.7 Å². The Hall–Kier alpha value is -3.59. The average Bonchev–Trinajstić information content (AvgIpc) is 2.86. The number of hydrogen-bond acceptors (Lipinski definition) is 6. The van der Waals surface area contributed by atoms with Crippen molar-refractivity contribution in [3.05, 3.63) is 71.0 Å². The van der Waals surface area contributed by atoms with Crippen molar-refractivity contribution in [3.8, 4) is 0 Å². The third-order valence-electron chi connectivity index (χ3n) is 6.17. The van der Waals surface area contributed by atoms with E-state index in [4.69, 9.17) is 26.8 Å². The summed E-state index contributed by atoms with van der Waals surface area (Å²) in [5.74, 6) is -1.06. The molecule has 0 saturated heterocycles. The van der Waals surface area contributed by atoms with Gasteiger partial charge in [-0.15, -0.1) is 0 Å². The first-order valence-electron chi connectivity index (χ1n) is 13.5. The van der Waals surface area contributed by atoms with Gasteiger partial charge in [-0.05, 0) is 32.4 Å². The molecule has 0 aliphatic carbocycles. The average molecular weight is 590 g/mol. The molecule has 0 bridgehead atoms. The minimum Gasteiger partial charge on any atom is -0.458 e. The third-order valence-corrected chi connectivity index (χ3v) is 6.32. The van der Waals surface area contributed by atoms with E-state index >= 15 is 0 Å². The molecular formula is C31H44ClN3O6. The summed E-state index contributed by atoms with van der Waals surface area (Å²) in [6.07, 6.45) is 15.0. The molecule has 1 rings (SSSR count). The van der Waals surface area contributed by atoms with Gasteiger partial charge in [-0.25, -0.2) is 9.59 Å². The lowest BCUT2D eigenvalue weighted by Crippen LogP contribution is -2.52. The molecule has 0 spiro atoms. The molecule has 0 aromatic heterocycles. The Morgan fingerprint density at radius 1 is 1.20 bits per heavy atom. The molecule has 0 aromatic rings. The van der Waals surface area contributed by atoms with Crippen LogP contribution in [0.25, 0.3) is 0 Å². The summed E-state index contributed by atoms with van der Waals surface area (Å²) in [6, 6.07) is -0.814. The molecule has 0 fully saturated rings. The van der Waals surface area contributed by atoms with Crippen LogP contribution in [0.4, 0.5) is 4.79 Å². The third kappa shape index (κ3) is 14.6. The van der Waals surface area contributed by atoms with Gasteiger partial charge in [0.25, 0.3) is 0 Å². The predicted octanol–water partition coefficient (Wildman–Crippen LogP) is 5.49. The van der Waals surface area contributed by atoms with Crippen LogP contribution in [0.3, 0.4) is 0 Å². The van der Waals surface area contributed by atoms with E-state index in [0.29, 0.717) is 29.9 Å². The van der Waals surface area contributed by atoms with E-state index in [0.717, 1.165) is 5.57 Å². The molecule has 1 aliphatic rings. The Morgan fingerprint density at radius 3 is 2.44 bits per heavy atom. The van der Waals surface area contributed by atoms with Crippen LogP contribution in [0, 0.1) is 11.3 Å². The molecule has 4 atom stereocenters. The highest BCUT2D eigenvalue weighted by Gasteiger charge is 2.32. The summed E-state index contributed by atoms with van der Waals surface area (Å²) in [5.41, 5.74) is 6.15. The molecule has 4 N–H and O–H groups in total. The topological polar surface area (TPSA) is 137 Å². The summed E-state index contributed by atoms with van der Waals surface area (Å²) < 4.78 is 10.5. The number of amides is 3. The van der Waals surface area contributed by atoms with E-state index in [-0.39, 0.29) is 18.0 Å². The molecule has 0 aromatic carbocycles. The fourth-order valence-electron chi connectivity index (χ4n) is 3.87. The van der Waals surface area contributed by atoms with E-state index < -0.39 is 35.5 Å². The van der Waals surface area contributed by atoms with Crippen molar-refractivity contribution >= 4 is 35.5 Å². The molecule has 226 valence electrons. The van der Waals surface area contributed by atoms with E-state index in [1.54, 1.807) is 38.2 Å². The van der Waals surface area contributed by atoms with Crippen molar-refractivity contribution in [1.29, 1.82) is 0 Å². The first-order valence-corrected chi connectivity index (χ1v) is 13.9. The van der Waals surface area contributed by atoms with Gasteiger partial charge in [-0.1, -0.05) is 87.4 Å². The molecule has 10 heteroatoms. The first-order chi connectivity index (χ1) is 19.1. The fourth-order valence-corrected chi connectivity index (χ4v) is 3.95. The molecular weight excluding hydrogens is 546 g/mol. The van der Waals surface area contributed by atoms with Crippen molar-refractivity contribution in [2.24, 2.45) is 17.1 Å². The fraction of sp³-hybridized carbons (Fsp3) is 0.484. The Labute approximate surface area is 248 Å². The highest BCUT2D eigenvalue weighted by atomic mass is 35.5. The number of esters is 1. The van der Waals surface area contributed by atoms with Crippen molar-refractivity contribution in [3.63, 3.8) is 0 Å². The normalized spacial score (nSPS) is 19.1. The van der Waals surface area contributed by atoms with Gasteiger partial charge in [0.1, 0.15) is 18.2 Å². The second-order valence-corrected chi connectivity index (χ2v) is 11.7.